The second kappa shape index (κ2) is 10.1. The fraction of sp³-hybridized carbons (Fsp3) is 0.167. The van der Waals surface area contributed by atoms with Crippen molar-refractivity contribution in [3.05, 3.63) is 101 Å². The number of fused-ring (bicyclic) bond motifs is 2. The van der Waals surface area contributed by atoms with Gasteiger partial charge in [0.1, 0.15) is 0 Å². The van der Waals surface area contributed by atoms with Gasteiger partial charge in [0.25, 0.3) is 0 Å². The van der Waals surface area contributed by atoms with E-state index >= 15 is 0 Å². The van der Waals surface area contributed by atoms with E-state index in [-0.39, 0.29) is 0 Å². The standard InChI is InChI=1S/C30H27N7S/c1-19-3-10-27-29(15-19)38-30(32-27)36-35-26-11-8-24(16-20(26)2)33-34-25-9-12-28-22(17-25)13-14-37(28)18-21-4-6-23(31)7-5-21/h3-12,15-17H,13-14,18,31H2,1-2H3. The fourth-order valence-corrected chi connectivity index (χ4v) is 5.50. The lowest BCUT2D eigenvalue weighted by Crippen LogP contribution is -2.19. The fourth-order valence-electron chi connectivity index (χ4n) is 4.61. The minimum Gasteiger partial charge on any atom is -0.399 e. The van der Waals surface area contributed by atoms with Crippen LogP contribution in [0.3, 0.4) is 0 Å². The van der Waals surface area contributed by atoms with Crippen molar-refractivity contribution in [2.45, 2.75) is 26.8 Å². The Hall–Kier alpha value is -4.43. The number of hydrogen-bond acceptors (Lipinski definition) is 8. The van der Waals surface area contributed by atoms with Crippen LogP contribution in [-0.4, -0.2) is 11.5 Å². The minimum atomic E-state index is 0.650. The third-order valence-corrected chi connectivity index (χ3v) is 7.55. The molecule has 0 saturated heterocycles. The summed E-state index contributed by atoms with van der Waals surface area (Å²) in [6.07, 6.45) is 1.00. The molecular formula is C30H27N7S. The molecule has 0 saturated carbocycles. The summed E-state index contributed by atoms with van der Waals surface area (Å²) < 4.78 is 1.12. The maximum atomic E-state index is 5.82. The summed E-state index contributed by atoms with van der Waals surface area (Å²) in [5.41, 5.74) is 16.0. The Balaban J connectivity index is 1.13. The molecule has 7 nitrogen and oxygen atoms in total. The minimum absolute atomic E-state index is 0.650. The first-order chi connectivity index (χ1) is 18.5. The summed E-state index contributed by atoms with van der Waals surface area (Å²) >= 11 is 1.54. The first-order valence-corrected chi connectivity index (χ1v) is 13.4. The van der Waals surface area contributed by atoms with Gasteiger partial charge in [-0.2, -0.15) is 10.2 Å². The van der Waals surface area contributed by atoms with Crippen LogP contribution in [0.4, 0.5) is 33.6 Å². The van der Waals surface area contributed by atoms with Crippen LogP contribution in [0.25, 0.3) is 10.2 Å². The predicted molar refractivity (Wildman–Crippen MR) is 156 cm³/mol. The van der Waals surface area contributed by atoms with Gasteiger partial charge in [0, 0.05) is 24.5 Å². The van der Waals surface area contributed by atoms with Crippen LogP contribution in [0, 0.1) is 13.8 Å². The largest absolute Gasteiger partial charge is 0.399 e. The number of aromatic nitrogens is 1. The second-order valence-electron chi connectivity index (χ2n) is 9.56. The van der Waals surface area contributed by atoms with Crippen molar-refractivity contribution in [1.29, 1.82) is 0 Å². The number of azo groups is 2. The average Bonchev–Trinajstić information content (AvgIpc) is 3.51. The van der Waals surface area contributed by atoms with Gasteiger partial charge in [-0.3, -0.25) is 0 Å². The number of hydrogen-bond donors (Lipinski definition) is 1. The first-order valence-electron chi connectivity index (χ1n) is 12.5. The number of nitrogens with two attached hydrogens (primary N) is 1. The van der Waals surface area contributed by atoms with Crippen LogP contribution in [0.1, 0.15) is 22.3 Å². The zero-order valence-electron chi connectivity index (χ0n) is 21.3. The van der Waals surface area contributed by atoms with Crippen molar-refractivity contribution in [3.63, 3.8) is 0 Å². The zero-order chi connectivity index (χ0) is 26.1. The van der Waals surface area contributed by atoms with Crippen molar-refractivity contribution in [2.75, 3.05) is 17.2 Å². The molecular weight excluding hydrogens is 490 g/mol. The van der Waals surface area contributed by atoms with Crippen molar-refractivity contribution < 1.29 is 0 Å². The van der Waals surface area contributed by atoms with Crippen LogP contribution < -0.4 is 10.6 Å². The smallest absolute Gasteiger partial charge is 0.231 e. The van der Waals surface area contributed by atoms with Crippen LogP contribution in [0.5, 0.6) is 0 Å². The molecule has 0 unspecified atom stereocenters. The first kappa shape index (κ1) is 23.9. The van der Waals surface area contributed by atoms with E-state index in [4.69, 9.17) is 5.73 Å². The molecule has 2 heterocycles. The molecule has 4 aromatic carbocycles. The SMILES string of the molecule is Cc1ccc2nc(N=Nc3ccc(N=Nc4ccc5c(c4)CCN5Cc4ccc(N)cc4)cc3C)sc2c1. The molecule has 6 rings (SSSR count). The summed E-state index contributed by atoms with van der Waals surface area (Å²) in [6, 6.07) is 26.4. The van der Waals surface area contributed by atoms with Gasteiger partial charge in [-0.15, -0.1) is 10.2 Å². The molecule has 2 N–H and O–H groups in total. The van der Waals surface area contributed by atoms with Gasteiger partial charge in [-0.1, -0.05) is 29.5 Å². The van der Waals surface area contributed by atoms with Crippen molar-refractivity contribution in [1.82, 2.24) is 4.98 Å². The van der Waals surface area contributed by atoms with Gasteiger partial charge in [0.05, 0.1) is 27.3 Å². The lowest BCUT2D eigenvalue weighted by molar-refractivity contribution is 0.836. The van der Waals surface area contributed by atoms with Crippen molar-refractivity contribution >= 4 is 55.1 Å². The Labute approximate surface area is 225 Å². The molecule has 8 heteroatoms. The molecule has 1 aromatic heterocycles. The zero-order valence-corrected chi connectivity index (χ0v) is 22.1. The van der Waals surface area contributed by atoms with E-state index in [9.17, 15) is 0 Å². The number of benzene rings is 4. The number of aryl methyl sites for hydroxylation is 2. The maximum Gasteiger partial charge on any atom is 0.231 e. The molecule has 5 aromatic rings. The number of nitrogen functional groups attached to an aromatic ring is 1. The molecule has 1 aliphatic heterocycles. The Morgan fingerprint density at radius 2 is 1.63 bits per heavy atom. The Morgan fingerprint density at radius 3 is 2.45 bits per heavy atom. The van der Waals surface area contributed by atoms with Gasteiger partial charge >= 0.3 is 0 Å². The van der Waals surface area contributed by atoms with Gasteiger partial charge in [-0.05, 0) is 103 Å². The van der Waals surface area contributed by atoms with E-state index in [1.807, 2.05) is 49.4 Å². The monoisotopic (exact) mass is 517 g/mol. The van der Waals surface area contributed by atoms with Crippen LogP contribution in [0.2, 0.25) is 0 Å². The molecule has 0 spiro atoms. The van der Waals surface area contributed by atoms with Gasteiger partial charge in [0.15, 0.2) is 0 Å². The Bertz CT molecular complexity index is 1690. The van der Waals surface area contributed by atoms with Crippen LogP contribution in [-0.2, 0) is 13.0 Å². The molecule has 1 aliphatic rings. The Morgan fingerprint density at radius 1 is 0.842 bits per heavy atom. The van der Waals surface area contributed by atoms with Gasteiger partial charge in [-0.25, -0.2) is 4.98 Å². The predicted octanol–water partition coefficient (Wildman–Crippen LogP) is 8.89. The highest BCUT2D eigenvalue weighted by Gasteiger charge is 2.19. The number of nitrogens with zero attached hydrogens (tertiary/aromatic N) is 6. The van der Waals surface area contributed by atoms with E-state index in [2.05, 4.69) is 73.7 Å². The molecule has 0 radical (unpaired) electrons. The quantitative estimate of drug-likeness (QED) is 0.180. The summed E-state index contributed by atoms with van der Waals surface area (Å²) in [7, 11) is 0. The number of thiazole rings is 1. The topological polar surface area (TPSA) is 91.6 Å². The summed E-state index contributed by atoms with van der Waals surface area (Å²) in [5.74, 6) is 0. The molecule has 0 aliphatic carbocycles. The highest BCUT2D eigenvalue weighted by Crippen LogP contribution is 2.34. The summed E-state index contributed by atoms with van der Waals surface area (Å²) in [6.45, 7) is 5.94. The lowest BCUT2D eigenvalue weighted by Gasteiger charge is -2.19. The summed E-state index contributed by atoms with van der Waals surface area (Å²) in [4.78, 5) is 6.95. The Kier molecular flexibility index (Phi) is 6.39. The maximum absolute atomic E-state index is 5.82. The lowest BCUT2D eigenvalue weighted by atomic mass is 10.1. The summed E-state index contributed by atoms with van der Waals surface area (Å²) in [5, 5.41) is 18.4. The van der Waals surface area contributed by atoms with E-state index in [0.29, 0.717) is 5.13 Å². The molecule has 0 fully saturated rings. The molecule has 0 amide bonds. The van der Waals surface area contributed by atoms with Crippen molar-refractivity contribution in [3.8, 4) is 0 Å². The molecule has 188 valence electrons. The van der Waals surface area contributed by atoms with E-state index in [1.165, 1.54) is 22.4 Å². The van der Waals surface area contributed by atoms with Gasteiger partial charge < -0.3 is 10.6 Å². The normalized spacial score (nSPS) is 13.3. The third kappa shape index (κ3) is 5.17. The van der Waals surface area contributed by atoms with E-state index in [0.717, 1.165) is 58.0 Å². The van der Waals surface area contributed by atoms with E-state index in [1.54, 1.807) is 11.3 Å². The number of anilines is 2. The highest BCUT2D eigenvalue weighted by atomic mass is 32.1. The second-order valence-corrected chi connectivity index (χ2v) is 10.6. The molecule has 0 atom stereocenters. The average molecular weight is 518 g/mol. The van der Waals surface area contributed by atoms with E-state index < -0.39 is 0 Å². The van der Waals surface area contributed by atoms with Gasteiger partial charge in [0.2, 0.25) is 5.13 Å². The van der Waals surface area contributed by atoms with Crippen LogP contribution >= 0.6 is 11.3 Å². The number of rotatable bonds is 6. The third-order valence-electron chi connectivity index (χ3n) is 6.65. The molecule has 38 heavy (non-hydrogen) atoms. The van der Waals surface area contributed by atoms with Crippen molar-refractivity contribution in [2.24, 2.45) is 20.5 Å². The van der Waals surface area contributed by atoms with Crippen LogP contribution in [0.15, 0.2) is 99.3 Å². The highest BCUT2D eigenvalue weighted by molar-refractivity contribution is 7.21. The molecule has 0 bridgehead atoms.